The molecule has 5 nitrogen and oxygen atoms in total. The number of benzene rings is 2. The van der Waals surface area contributed by atoms with Gasteiger partial charge in [0.2, 0.25) is 5.91 Å². The van der Waals surface area contributed by atoms with Crippen molar-refractivity contribution in [1.29, 1.82) is 0 Å². The van der Waals surface area contributed by atoms with Gasteiger partial charge in [-0.1, -0.05) is 47.8 Å². The van der Waals surface area contributed by atoms with Crippen molar-refractivity contribution in [2.75, 3.05) is 7.11 Å². The molecule has 0 spiro atoms. The molecule has 2 aromatic rings. The zero-order valence-corrected chi connectivity index (χ0v) is 18.9. The number of fused-ring (bicyclic) bond motifs is 1. The van der Waals surface area contributed by atoms with E-state index in [0.29, 0.717) is 24.0 Å². The Morgan fingerprint density at radius 2 is 2.03 bits per heavy atom. The second-order valence-corrected chi connectivity index (χ2v) is 9.31. The number of hydrazone groups is 1. The van der Waals surface area contributed by atoms with Gasteiger partial charge >= 0.3 is 0 Å². The summed E-state index contributed by atoms with van der Waals surface area (Å²) in [5, 5.41) is 4.17. The summed E-state index contributed by atoms with van der Waals surface area (Å²) in [6.07, 6.45) is 6.43. The molecule has 0 aromatic heterocycles. The first-order valence-electron chi connectivity index (χ1n) is 10.4. The molecule has 0 bridgehead atoms. The number of rotatable bonds is 7. The van der Waals surface area contributed by atoms with Crippen LogP contribution >= 0.6 is 15.9 Å². The van der Waals surface area contributed by atoms with Gasteiger partial charge in [0.25, 0.3) is 0 Å². The summed E-state index contributed by atoms with van der Waals surface area (Å²) in [6, 6.07) is 13.6. The van der Waals surface area contributed by atoms with Crippen LogP contribution in [0.1, 0.15) is 43.7 Å². The van der Waals surface area contributed by atoms with Gasteiger partial charge in [0.15, 0.2) is 11.5 Å². The van der Waals surface area contributed by atoms with Crippen molar-refractivity contribution in [3.05, 3.63) is 58.1 Å². The van der Waals surface area contributed by atoms with Crippen LogP contribution in [0.4, 0.5) is 0 Å². The van der Waals surface area contributed by atoms with Gasteiger partial charge in [0.1, 0.15) is 6.61 Å². The molecular weight excluding hydrogens is 444 g/mol. The molecule has 0 radical (unpaired) electrons. The molecule has 2 aromatic carbocycles. The second kappa shape index (κ2) is 8.80. The topological polar surface area (TPSA) is 59.9 Å². The summed E-state index contributed by atoms with van der Waals surface area (Å²) in [7, 11) is 1.61. The van der Waals surface area contributed by atoms with Gasteiger partial charge in [-0.15, -0.1) is 0 Å². The lowest BCUT2D eigenvalue weighted by atomic mass is 9.90. The van der Waals surface area contributed by atoms with Crippen molar-refractivity contribution in [2.45, 2.75) is 39.2 Å². The molecule has 30 heavy (non-hydrogen) atoms. The van der Waals surface area contributed by atoms with Gasteiger partial charge in [0, 0.05) is 10.4 Å². The number of nitrogens with one attached hydrogen (secondary N) is 1. The van der Waals surface area contributed by atoms with E-state index in [2.05, 4.69) is 33.4 Å². The third-order valence-corrected chi connectivity index (χ3v) is 7.03. The first-order valence-corrected chi connectivity index (χ1v) is 11.2. The van der Waals surface area contributed by atoms with Gasteiger partial charge in [-0.2, -0.15) is 5.10 Å². The number of halogens is 1. The first-order chi connectivity index (χ1) is 14.5. The van der Waals surface area contributed by atoms with Gasteiger partial charge in [-0.05, 0) is 65.6 Å². The number of hydrogen-bond acceptors (Lipinski definition) is 4. The van der Waals surface area contributed by atoms with Crippen LogP contribution in [-0.2, 0) is 11.4 Å². The van der Waals surface area contributed by atoms with Crippen LogP contribution in [-0.4, -0.2) is 19.2 Å². The average Bonchev–Trinajstić information content (AvgIpc) is 3.39. The normalized spacial score (nSPS) is 24.9. The summed E-state index contributed by atoms with van der Waals surface area (Å²) in [6.45, 7) is 2.69. The van der Waals surface area contributed by atoms with E-state index >= 15 is 0 Å². The molecule has 0 saturated heterocycles. The Balaban J connectivity index is 1.34. The maximum Gasteiger partial charge on any atom is 0.244 e. The Bertz CT molecular complexity index is 944. The molecule has 3 unspecified atom stereocenters. The van der Waals surface area contributed by atoms with Crippen molar-refractivity contribution >= 4 is 28.1 Å². The van der Waals surface area contributed by atoms with E-state index in [1.165, 1.54) is 12.8 Å². The fourth-order valence-electron chi connectivity index (χ4n) is 4.72. The lowest BCUT2D eigenvalue weighted by Crippen LogP contribution is -2.22. The largest absolute Gasteiger partial charge is 0.493 e. The summed E-state index contributed by atoms with van der Waals surface area (Å²) in [5.41, 5.74) is 4.83. The number of carbonyl (C=O) groups excluding carboxylic acids is 1. The fourth-order valence-corrected chi connectivity index (χ4v) is 4.98. The van der Waals surface area contributed by atoms with Crippen LogP contribution in [0, 0.1) is 17.3 Å². The Kier molecular flexibility index (Phi) is 6.14. The predicted octanol–water partition coefficient (Wildman–Crippen LogP) is 5.31. The van der Waals surface area contributed by atoms with Crippen LogP contribution in [0.2, 0.25) is 0 Å². The highest BCUT2D eigenvalue weighted by Crippen LogP contribution is 2.66. The van der Waals surface area contributed by atoms with Gasteiger partial charge in [-0.3, -0.25) is 4.79 Å². The second-order valence-electron chi connectivity index (χ2n) is 8.40. The molecule has 2 saturated carbocycles. The zero-order valence-electron chi connectivity index (χ0n) is 17.4. The zero-order chi connectivity index (χ0) is 21.1. The standard InChI is InChI=1S/C24H27BrN2O3/c1-24-12-4-3-5-19(24)22(24)23(28)27-26-14-17-8-11-20(21(13-17)29-2)30-15-16-6-9-18(25)10-7-16/h6-11,13-14,19,22H,3-5,12,15H2,1-2H3,(H,27,28). The van der Waals surface area contributed by atoms with E-state index in [4.69, 9.17) is 9.47 Å². The lowest BCUT2D eigenvalue weighted by molar-refractivity contribution is -0.123. The summed E-state index contributed by atoms with van der Waals surface area (Å²) >= 11 is 3.43. The van der Waals surface area contributed by atoms with Crippen LogP contribution in [0.25, 0.3) is 0 Å². The Hall–Kier alpha value is -2.34. The Morgan fingerprint density at radius 3 is 2.73 bits per heavy atom. The Morgan fingerprint density at radius 1 is 1.23 bits per heavy atom. The first kappa shape index (κ1) is 20.9. The van der Waals surface area contributed by atoms with Gasteiger partial charge in [-0.25, -0.2) is 5.43 Å². The minimum absolute atomic E-state index is 0.0436. The minimum Gasteiger partial charge on any atom is -0.493 e. The third-order valence-electron chi connectivity index (χ3n) is 6.50. The van der Waals surface area contributed by atoms with Crippen molar-refractivity contribution < 1.29 is 14.3 Å². The van der Waals surface area contributed by atoms with Crippen molar-refractivity contribution in [3.8, 4) is 11.5 Å². The summed E-state index contributed by atoms with van der Waals surface area (Å²) in [5.74, 6) is 1.98. The molecule has 158 valence electrons. The number of ether oxygens (including phenoxy) is 2. The minimum atomic E-state index is 0.0436. The predicted molar refractivity (Wildman–Crippen MR) is 121 cm³/mol. The van der Waals surface area contributed by atoms with Crippen LogP contribution in [0.3, 0.4) is 0 Å². The monoisotopic (exact) mass is 470 g/mol. The number of carbonyl (C=O) groups is 1. The molecule has 6 heteroatoms. The molecule has 2 aliphatic rings. The van der Waals surface area contributed by atoms with E-state index in [0.717, 1.165) is 28.4 Å². The summed E-state index contributed by atoms with van der Waals surface area (Å²) < 4.78 is 12.4. The lowest BCUT2D eigenvalue weighted by Gasteiger charge is -2.15. The summed E-state index contributed by atoms with van der Waals surface area (Å²) in [4.78, 5) is 12.5. The molecule has 4 rings (SSSR count). The van der Waals surface area contributed by atoms with Crippen molar-refractivity contribution in [2.24, 2.45) is 22.4 Å². The van der Waals surface area contributed by atoms with Crippen molar-refractivity contribution in [1.82, 2.24) is 5.43 Å². The number of nitrogens with zero attached hydrogens (tertiary/aromatic N) is 1. The van der Waals surface area contributed by atoms with E-state index in [1.807, 2.05) is 42.5 Å². The Labute approximate surface area is 186 Å². The van der Waals surface area contributed by atoms with Crippen LogP contribution < -0.4 is 14.9 Å². The maximum atomic E-state index is 12.5. The number of hydrogen-bond donors (Lipinski definition) is 1. The molecule has 2 aliphatic carbocycles. The smallest absolute Gasteiger partial charge is 0.244 e. The van der Waals surface area contributed by atoms with E-state index in [9.17, 15) is 4.79 Å². The fraction of sp³-hybridized carbons (Fsp3) is 0.417. The maximum absolute atomic E-state index is 12.5. The highest BCUT2D eigenvalue weighted by atomic mass is 79.9. The SMILES string of the molecule is COc1cc(C=NNC(=O)C2C3CCCCC32C)ccc1OCc1ccc(Br)cc1. The van der Waals surface area contributed by atoms with E-state index < -0.39 is 0 Å². The van der Waals surface area contributed by atoms with Crippen LogP contribution in [0.15, 0.2) is 52.0 Å². The van der Waals surface area contributed by atoms with Gasteiger partial charge in [0.05, 0.1) is 13.3 Å². The molecule has 2 fully saturated rings. The highest BCUT2D eigenvalue weighted by molar-refractivity contribution is 9.10. The average molecular weight is 471 g/mol. The highest BCUT2D eigenvalue weighted by Gasteiger charge is 2.64. The van der Waals surface area contributed by atoms with Gasteiger partial charge < -0.3 is 9.47 Å². The molecule has 1 N–H and O–H groups in total. The quantitative estimate of drug-likeness (QED) is 0.440. The van der Waals surface area contributed by atoms with E-state index in [-0.39, 0.29) is 17.2 Å². The number of amides is 1. The molecule has 0 aliphatic heterocycles. The van der Waals surface area contributed by atoms with E-state index in [1.54, 1.807) is 13.3 Å². The van der Waals surface area contributed by atoms with Crippen LogP contribution in [0.5, 0.6) is 11.5 Å². The van der Waals surface area contributed by atoms with Crippen molar-refractivity contribution in [3.63, 3.8) is 0 Å². The molecule has 0 heterocycles. The molecule has 1 amide bonds. The third kappa shape index (κ3) is 4.38. The molecule has 3 atom stereocenters. The molecular formula is C24H27BrN2O3. The number of methoxy groups -OCH3 is 1.